The van der Waals surface area contributed by atoms with Crippen molar-refractivity contribution in [3.63, 3.8) is 0 Å². The fourth-order valence-electron chi connectivity index (χ4n) is 4.21. The highest BCUT2D eigenvalue weighted by Crippen LogP contribution is 2.30. The van der Waals surface area contributed by atoms with Gasteiger partial charge in [-0.05, 0) is 65.0 Å². The maximum Gasteiger partial charge on any atom is 0.336 e. The Hall–Kier alpha value is -4.80. The number of H-pyrrole nitrogens is 1. The number of carbonyl (C=O) groups is 1. The second kappa shape index (κ2) is 10.3. The van der Waals surface area contributed by atoms with Crippen LogP contribution < -0.4 is 4.74 Å². The van der Waals surface area contributed by atoms with Gasteiger partial charge in [-0.2, -0.15) is 0 Å². The number of nitrogens with one attached hydrogen (secondary N) is 1. The zero-order chi connectivity index (χ0) is 26.7. The lowest BCUT2D eigenvalue weighted by atomic mass is 9.93. The Labute approximate surface area is 220 Å². The Morgan fingerprint density at radius 1 is 0.921 bits per heavy atom. The van der Waals surface area contributed by atoms with Crippen molar-refractivity contribution in [3.05, 3.63) is 119 Å². The van der Waals surface area contributed by atoms with Crippen LogP contribution in [0.25, 0.3) is 22.0 Å². The van der Waals surface area contributed by atoms with E-state index in [4.69, 9.17) is 4.74 Å². The predicted octanol–water partition coefficient (Wildman–Crippen LogP) is 5.92. The zero-order valence-electron chi connectivity index (χ0n) is 20.4. The summed E-state index contributed by atoms with van der Waals surface area (Å²) in [5, 5.41) is 10.9. The smallest absolute Gasteiger partial charge is 0.336 e. The molecule has 188 valence electrons. The molecule has 5 aromatic rings. The molecule has 0 unspecified atom stereocenters. The van der Waals surface area contributed by atoms with Crippen LogP contribution in [0.2, 0.25) is 0 Å². The topological polar surface area (TPSA) is 96.5 Å². The maximum atomic E-state index is 12.0. The van der Waals surface area contributed by atoms with Gasteiger partial charge in [0, 0.05) is 34.7 Å². The Kier molecular flexibility index (Phi) is 6.73. The molecule has 0 fully saturated rings. The van der Waals surface area contributed by atoms with Crippen LogP contribution in [-0.4, -0.2) is 30.7 Å². The first-order chi connectivity index (χ1) is 18.3. The number of sulfone groups is 1. The van der Waals surface area contributed by atoms with E-state index in [0.717, 1.165) is 33.8 Å². The highest BCUT2D eigenvalue weighted by atomic mass is 32.2. The molecule has 0 saturated heterocycles. The third-order valence-electron chi connectivity index (χ3n) is 6.08. The molecule has 0 radical (unpaired) electrons. The lowest BCUT2D eigenvalue weighted by molar-refractivity contribution is 0.0697. The molecule has 0 atom stereocenters. The third-order valence-corrected chi connectivity index (χ3v) is 7.21. The van der Waals surface area contributed by atoms with Gasteiger partial charge in [-0.1, -0.05) is 54.3 Å². The summed E-state index contributed by atoms with van der Waals surface area (Å²) in [6.45, 7) is 0.201. The summed E-state index contributed by atoms with van der Waals surface area (Å²) in [5.74, 6) is 5.56. The number of rotatable bonds is 6. The number of aromatic amines is 1. The molecular weight excluding hydrogens is 498 g/mol. The summed E-state index contributed by atoms with van der Waals surface area (Å²) in [6, 6.07) is 26.8. The lowest BCUT2D eigenvalue weighted by Crippen LogP contribution is -2.03. The average Bonchev–Trinajstić information content (AvgIpc) is 3.39. The van der Waals surface area contributed by atoms with Crippen LogP contribution in [0.4, 0.5) is 0 Å². The van der Waals surface area contributed by atoms with Crippen LogP contribution in [0.3, 0.4) is 0 Å². The minimum absolute atomic E-state index is 0.150. The van der Waals surface area contributed by atoms with Gasteiger partial charge in [0.1, 0.15) is 17.3 Å². The van der Waals surface area contributed by atoms with E-state index in [-0.39, 0.29) is 17.1 Å². The summed E-state index contributed by atoms with van der Waals surface area (Å²) in [6.07, 6.45) is 3.00. The molecule has 0 spiro atoms. The van der Waals surface area contributed by atoms with E-state index in [9.17, 15) is 18.3 Å². The number of hydrogen-bond acceptors (Lipinski definition) is 4. The molecule has 6 nitrogen and oxygen atoms in total. The van der Waals surface area contributed by atoms with E-state index < -0.39 is 15.8 Å². The minimum atomic E-state index is -3.40. The van der Waals surface area contributed by atoms with Gasteiger partial charge in [-0.3, -0.25) is 0 Å². The number of fused-ring (bicyclic) bond motifs is 1. The molecule has 0 aliphatic carbocycles. The van der Waals surface area contributed by atoms with Gasteiger partial charge in [0.15, 0.2) is 9.84 Å². The Balaban J connectivity index is 1.40. The fourth-order valence-corrected chi connectivity index (χ4v) is 5.03. The summed E-state index contributed by atoms with van der Waals surface area (Å²) >= 11 is 0. The van der Waals surface area contributed by atoms with Crippen molar-refractivity contribution in [1.82, 2.24) is 4.98 Å². The highest BCUT2D eigenvalue weighted by molar-refractivity contribution is 7.90. The van der Waals surface area contributed by atoms with Gasteiger partial charge in [-0.25, -0.2) is 13.2 Å². The number of carboxylic acids is 1. The van der Waals surface area contributed by atoms with E-state index in [0.29, 0.717) is 16.9 Å². The number of benzene rings is 4. The molecule has 2 N–H and O–H groups in total. The van der Waals surface area contributed by atoms with Crippen LogP contribution in [-0.2, 0) is 16.4 Å². The van der Waals surface area contributed by atoms with Gasteiger partial charge < -0.3 is 14.8 Å². The normalized spacial score (nSPS) is 11.1. The number of para-hydroxylation sites is 1. The van der Waals surface area contributed by atoms with E-state index >= 15 is 0 Å². The summed E-state index contributed by atoms with van der Waals surface area (Å²) < 4.78 is 29.7. The molecule has 5 rings (SSSR count). The van der Waals surface area contributed by atoms with Crippen molar-refractivity contribution in [2.45, 2.75) is 11.5 Å². The van der Waals surface area contributed by atoms with Crippen LogP contribution >= 0.6 is 0 Å². The zero-order valence-corrected chi connectivity index (χ0v) is 21.2. The second-order valence-corrected chi connectivity index (χ2v) is 10.8. The molecule has 7 heteroatoms. The van der Waals surface area contributed by atoms with Gasteiger partial charge in [-0.15, -0.1) is 0 Å². The van der Waals surface area contributed by atoms with Crippen molar-refractivity contribution < 1.29 is 23.1 Å². The lowest BCUT2D eigenvalue weighted by Gasteiger charge is -2.10. The molecule has 1 heterocycles. The van der Waals surface area contributed by atoms with Crippen molar-refractivity contribution in [2.75, 3.05) is 6.26 Å². The van der Waals surface area contributed by atoms with Gasteiger partial charge in [0.05, 0.1) is 5.56 Å². The number of aromatic carboxylic acids is 1. The monoisotopic (exact) mass is 521 g/mol. The molecule has 0 aliphatic rings. The Morgan fingerprint density at radius 2 is 1.71 bits per heavy atom. The van der Waals surface area contributed by atoms with Crippen LogP contribution in [0.1, 0.15) is 27.0 Å². The largest absolute Gasteiger partial charge is 0.488 e. The summed E-state index contributed by atoms with van der Waals surface area (Å²) in [5.41, 5.74) is 4.65. The molecule has 0 saturated carbocycles. The highest BCUT2D eigenvalue weighted by Gasteiger charge is 2.16. The Morgan fingerprint density at radius 3 is 2.47 bits per heavy atom. The number of carboxylic acid groups (broad SMARTS) is 1. The standard InChI is InChI=1S/C31H23NO5S/c1-38(35,36)29-8-3-2-7-28(29)37-20-22-11-9-21(10-12-22)13-14-24-5-4-6-26(31(33)34)30(24)25-16-15-23-17-18-32-27(23)19-25/h2-12,15-19,32H,20H2,1H3,(H,33,34). The Bertz CT molecular complexity index is 1820. The van der Waals surface area contributed by atoms with E-state index in [1.807, 2.05) is 60.8 Å². The van der Waals surface area contributed by atoms with Crippen molar-refractivity contribution in [3.8, 4) is 28.7 Å². The summed E-state index contributed by atoms with van der Waals surface area (Å²) in [7, 11) is -3.40. The first kappa shape index (κ1) is 24.9. The molecular formula is C31H23NO5S. The van der Waals surface area contributed by atoms with Gasteiger partial charge >= 0.3 is 5.97 Å². The van der Waals surface area contributed by atoms with Crippen molar-refractivity contribution in [2.24, 2.45) is 0 Å². The molecule has 0 amide bonds. The predicted molar refractivity (Wildman–Crippen MR) is 147 cm³/mol. The SMILES string of the molecule is CS(=O)(=O)c1ccccc1OCc1ccc(C#Cc2cccc(C(=O)O)c2-c2ccc3cc[nH]c3c2)cc1. The minimum Gasteiger partial charge on any atom is -0.488 e. The van der Waals surface area contributed by atoms with Gasteiger partial charge in [0.2, 0.25) is 0 Å². The van der Waals surface area contributed by atoms with Gasteiger partial charge in [0.25, 0.3) is 0 Å². The average molecular weight is 522 g/mol. The summed E-state index contributed by atoms with van der Waals surface area (Å²) in [4.78, 5) is 15.3. The van der Waals surface area contributed by atoms with Crippen LogP contribution in [0.15, 0.2) is 102 Å². The molecule has 1 aromatic heterocycles. The van der Waals surface area contributed by atoms with Crippen LogP contribution in [0.5, 0.6) is 5.75 Å². The van der Waals surface area contributed by atoms with Crippen LogP contribution in [0, 0.1) is 11.8 Å². The van der Waals surface area contributed by atoms with E-state index in [1.165, 1.54) is 6.07 Å². The number of hydrogen-bond donors (Lipinski definition) is 2. The number of ether oxygens (including phenoxy) is 1. The van der Waals surface area contributed by atoms with Crippen molar-refractivity contribution in [1.29, 1.82) is 0 Å². The molecule has 4 aromatic carbocycles. The molecule has 38 heavy (non-hydrogen) atoms. The van der Waals surface area contributed by atoms with Crippen molar-refractivity contribution >= 4 is 26.7 Å². The third kappa shape index (κ3) is 5.31. The fraction of sp³-hybridized carbons (Fsp3) is 0.0645. The molecule has 0 bridgehead atoms. The van der Waals surface area contributed by atoms with E-state index in [2.05, 4.69) is 16.8 Å². The maximum absolute atomic E-state index is 12.0. The van der Waals surface area contributed by atoms with E-state index in [1.54, 1.807) is 30.3 Å². The second-order valence-electron chi connectivity index (χ2n) is 8.77. The first-order valence-corrected chi connectivity index (χ1v) is 13.7. The number of aromatic nitrogens is 1. The quantitative estimate of drug-likeness (QED) is 0.271. The first-order valence-electron chi connectivity index (χ1n) is 11.8. The molecule has 0 aliphatic heterocycles.